The van der Waals surface area contributed by atoms with Crippen LogP contribution in [0.1, 0.15) is 32.1 Å². The van der Waals surface area contributed by atoms with Crippen molar-refractivity contribution in [1.29, 1.82) is 0 Å². The summed E-state index contributed by atoms with van der Waals surface area (Å²) in [6.07, 6.45) is 7.00. The molecule has 1 aromatic rings. The Balaban J connectivity index is 1.36. The van der Waals surface area contributed by atoms with Gasteiger partial charge in [0.1, 0.15) is 6.61 Å². The van der Waals surface area contributed by atoms with E-state index < -0.39 is 0 Å². The van der Waals surface area contributed by atoms with Crippen molar-refractivity contribution in [3.05, 3.63) is 23.4 Å². The highest BCUT2D eigenvalue weighted by molar-refractivity contribution is 6.30. The molecule has 7 nitrogen and oxygen atoms in total. The number of aliphatic imine (C=N–C) groups is 1. The zero-order valence-electron chi connectivity index (χ0n) is 15.8. The number of pyridine rings is 1. The standard InChI is InChI=1S/C19H28ClN5O2/c1-21-19(22-9-11-27-17-7-6-15(20)12-23-17)24-16-8-10-25(13-16)18(26)14-4-2-3-5-14/h6-7,12,14,16H,2-5,8-11,13H2,1H3,(H2,21,22,24). The molecule has 1 aliphatic carbocycles. The van der Waals surface area contributed by atoms with Crippen LogP contribution in [0.3, 0.4) is 0 Å². The van der Waals surface area contributed by atoms with Crippen molar-refractivity contribution in [2.75, 3.05) is 33.3 Å². The van der Waals surface area contributed by atoms with Crippen LogP contribution < -0.4 is 15.4 Å². The van der Waals surface area contributed by atoms with Gasteiger partial charge in [-0.1, -0.05) is 24.4 Å². The Morgan fingerprint density at radius 1 is 1.37 bits per heavy atom. The van der Waals surface area contributed by atoms with Gasteiger partial charge in [-0.15, -0.1) is 0 Å². The van der Waals surface area contributed by atoms with E-state index in [1.54, 1.807) is 25.4 Å². The molecule has 1 amide bonds. The Kier molecular flexibility index (Phi) is 7.15. The molecule has 1 unspecified atom stereocenters. The van der Waals surface area contributed by atoms with Crippen molar-refractivity contribution < 1.29 is 9.53 Å². The first-order valence-corrected chi connectivity index (χ1v) is 10.0. The molecule has 2 N–H and O–H groups in total. The van der Waals surface area contributed by atoms with Crippen LogP contribution in [-0.2, 0) is 4.79 Å². The highest BCUT2D eigenvalue weighted by atomic mass is 35.5. The molecule has 8 heteroatoms. The molecule has 0 bridgehead atoms. The minimum Gasteiger partial charge on any atom is -0.476 e. The monoisotopic (exact) mass is 393 g/mol. The smallest absolute Gasteiger partial charge is 0.225 e. The van der Waals surface area contributed by atoms with E-state index in [9.17, 15) is 4.79 Å². The van der Waals surface area contributed by atoms with Gasteiger partial charge in [0.05, 0.1) is 11.6 Å². The number of amides is 1. The Morgan fingerprint density at radius 3 is 2.89 bits per heavy atom. The number of guanidine groups is 1. The average Bonchev–Trinajstić information content (AvgIpc) is 3.37. The fourth-order valence-corrected chi connectivity index (χ4v) is 3.78. The molecular formula is C19H28ClN5O2. The molecule has 2 aliphatic rings. The Morgan fingerprint density at radius 2 is 2.19 bits per heavy atom. The molecule has 1 atom stereocenters. The van der Waals surface area contributed by atoms with Crippen molar-refractivity contribution in [1.82, 2.24) is 20.5 Å². The van der Waals surface area contributed by atoms with E-state index in [2.05, 4.69) is 20.6 Å². The van der Waals surface area contributed by atoms with Gasteiger partial charge in [0.2, 0.25) is 11.8 Å². The topological polar surface area (TPSA) is 78.9 Å². The number of nitrogens with zero attached hydrogens (tertiary/aromatic N) is 3. The summed E-state index contributed by atoms with van der Waals surface area (Å²) >= 11 is 5.80. The quantitative estimate of drug-likeness (QED) is 0.439. The first-order valence-electron chi connectivity index (χ1n) is 9.66. The predicted octanol–water partition coefficient (Wildman–Crippen LogP) is 2.07. The molecule has 0 radical (unpaired) electrons. The predicted molar refractivity (Wildman–Crippen MR) is 106 cm³/mol. The summed E-state index contributed by atoms with van der Waals surface area (Å²) in [5, 5.41) is 7.22. The number of nitrogens with one attached hydrogen (secondary N) is 2. The molecule has 0 spiro atoms. The fraction of sp³-hybridized carbons (Fsp3) is 0.632. The third-order valence-electron chi connectivity index (χ3n) is 5.11. The third-order valence-corrected chi connectivity index (χ3v) is 5.34. The highest BCUT2D eigenvalue weighted by Crippen LogP contribution is 2.27. The van der Waals surface area contributed by atoms with Crippen molar-refractivity contribution in [2.24, 2.45) is 10.9 Å². The van der Waals surface area contributed by atoms with Crippen LogP contribution in [0, 0.1) is 5.92 Å². The number of hydrogen-bond acceptors (Lipinski definition) is 4. The molecular weight excluding hydrogens is 366 g/mol. The summed E-state index contributed by atoms with van der Waals surface area (Å²) in [6.45, 7) is 2.64. The van der Waals surface area contributed by atoms with Crippen molar-refractivity contribution in [3.8, 4) is 5.88 Å². The van der Waals surface area contributed by atoms with Crippen LogP contribution in [0.2, 0.25) is 5.02 Å². The van der Waals surface area contributed by atoms with Crippen molar-refractivity contribution in [3.63, 3.8) is 0 Å². The summed E-state index contributed by atoms with van der Waals surface area (Å²) in [5.41, 5.74) is 0. The van der Waals surface area contributed by atoms with Crippen molar-refractivity contribution in [2.45, 2.75) is 38.1 Å². The molecule has 1 aromatic heterocycles. The van der Waals surface area contributed by atoms with Gasteiger partial charge in [-0.3, -0.25) is 9.79 Å². The molecule has 0 aromatic carbocycles. The van der Waals surface area contributed by atoms with E-state index in [0.717, 1.165) is 38.3 Å². The number of aromatic nitrogens is 1. The lowest BCUT2D eigenvalue weighted by Crippen LogP contribution is -2.46. The SMILES string of the molecule is CN=C(NCCOc1ccc(Cl)cn1)NC1CCN(C(=O)C2CCCC2)C1. The first-order chi connectivity index (χ1) is 13.2. The molecule has 1 aliphatic heterocycles. The normalized spacial score (nSPS) is 20.7. The Hall–Kier alpha value is -2.02. The summed E-state index contributed by atoms with van der Waals surface area (Å²) in [4.78, 5) is 22.9. The van der Waals surface area contributed by atoms with E-state index in [4.69, 9.17) is 16.3 Å². The van der Waals surface area contributed by atoms with Crippen molar-refractivity contribution >= 4 is 23.5 Å². The van der Waals surface area contributed by atoms with Gasteiger partial charge in [0.25, 0.3) is 0 Å². The maximum Gasteiger partial charge on any atom is 0.225 e. The number of rotatable bonds is 6. The molecule has 2 fully saturated rings. The minimum absolute atomic E-state index is 0.236. The van der Waals surface area contributed by atoms with E-state index in [1.165, 1.54) is 12.8 Å². The van der Waals surface area contributed by atoms with E-state index in [0.29, 0.717) is 30.0 Å². The molecule has 148 valence electrons. The van der Waals surface area contributed by atoms with E-state index >= 15 is 0 Å². The second-order valence-corrected chi connectivity index (χ2v) is 7.49. The van der Waals surface area contributed by atoms with Crippen LogP contribution in [0.15, 0.2) is 23.3 Å². The van der Waals surface area contributed by atoms with Gasteiger partial charge in [0, 0.05) is 44.4 Å². The zero-order chi connectivity index (χ0) is 19.1. The van der Waals surface area contributed by atoms with Crippen LogP contribution in [0.25, 0.3) is 0 Å². The number of likely N-dealkylation sites (tertiary alicyclic amines) is 1. The zero-order valence-corrected chi connectivity index (χ0v) is 16.5. The number of ether oxygens (including phenoxy) is 1. The lowest BCUT2D eigenvalue weighted by Gasteiger charge is -2.21. The van der Waals surface area contributed by atoms with Crippen LogP contribution in [0.5, 0.6) is 5.88 Å². The molecule has 2 heterocycles. The molecule has 1 saturated heterocycles. The third kappa shape index (κ3) is 5.73. The van der Waals surface area contributed by atoms with Crippen LogP contribution >= 0.6 is 11.6 Å². The summed E-state index contributed by atoms with van der Waals surface area (Å²) in [5.74, 6) is 1.85. The van der Waals surface area contributed by atoms with E-state index in [-0.39, 0.29) is 12.0 Å². The number of carbonyl (C=O) groups excluding carboxylic acids is 1. The molecule has 1 saturated carbocycles. The van der Waals surface area contributed by atoms with Gasteiger partial charge in [-0.2, -0.15) is 0 Å². The highest BCUT2D eigenvalue weighted by Gasteiger charge is 2.32. The summed E-state index contributed by atoms with van der Waals surface area (Å²) in [6, 6.07) is 3.72. The van der Waals surface area contributed by atoms with Gasteiger partial charge >= 0.3 is 0 Å². The molecule has 27 heavy (non-hydrogen) atoms. The van der Waals surface area contributed by atoms with Crippen LogP contribution in [-0.4, -0.2) is 61.1 Å². The maximum atomic E-state index is 12.5. The fourth-order valence-electron chi connectivity index (χ4n) is 3.67. The second kappa shape index (κ2) is 9.78. The van der Waals surface area contributed by atoms with E-state index in [1.807, 2.05) is 4.90 Å². The van der Waals surface area contributed by atoms with Crippen LogP contribution in [0.4, 0.5) is 0 Å². The second-order valence-electron chi connectivity index (χ2n) is 7.06. The molecule has 3 rings (SSSR count). The van der Waals surface area contributed by atoms with Gasteiger partial charge in [0.15, 0.2) is 5.96 Å². The average molecular weight is 394 g/mol. The Labute approximate surface area is 165 Å². The number of halogens is 1. The number of hydrogen-bond donors (Lipinski definition) is 2. The van der Waals surface area contributed by atoms with Gasteiger partial charge in [-0.25, -0.2) is 4.98 Å². The maximum absolute atomic E-state index is 12.5. The number of carbonyl (C=O) groups is 1. The first kappa shape index (κ1) is 19.7. The lowest BCUT2D eigenvalue weighted by atomic mass is 10.1. The van der Waals surface area contributed by atoms with Gasteiger partial charge < -0.3 is 20.3 Å². The minimum atomic E-state index is 0.236. The largest absolute Gasteiger partial charge is 0.476 e. The summed E-state index contributed by atoms with van der Waals surface area (Å²) < 4.78 is 5.56. The summed E-state index contributed by atoms with van der Waals surface area (Å²) in [7, 11) is 1.74. The van der Waals surface area contributed by atoms with Gasteiger partial charge in [-0.05, 0) is 25.3 Å². The Bertz CT molecular complexity index is 646. The lowest BCUT2D eigenvalue weighted by molar-refractivity contribution is -0.134.